The van der Waals surface area contributed by atoms with E-state index < -0.39 is 17.8 Å². The van der Waals surface area contributed by atoms with Crippen LogP contribution in [0.15, 0.2) is 24.3 Å². The average Bonchev–Trinajstić information content (AvgIpc) is 3.02. The molecule has 1 amide bonds. The Balaban J connectivity index is 2.15. The molecule has 8 heteroatoms. The van der Waals surface area contributed by atoms with Crippen molar-refractivity contribution in [1.82, 2.24) is 0 Å². The van der Waals surface area contributed by atoms with E-state index in [2.05, 4.69) is 12.2 Å². The van der Waals surface area contributed by atoms with Crippen LogP contribution in [0.5, 0.6) is 5.75 Å². The summed E-state index contributed by atoms with van der Waals surface area (Å²) in [5, 5.41) is 2.86. The molecule has 2 rings (SSSR count). The highest BCUT2D eigenvalue weighted by molar-refractivity contribution is 7.18. The van der Waals surface area contributed by atoms with E-state index in [4.69, 9.17) is 14.2 Å². The van der Waals surface area contributed by atoms with E-state index in [0.29, 0.717) is 11.3 Å². The van der Waals surface area contributed by atoms with Crippen LogP contribution >= 0.6 is 11.3 Å². The summed E-state index contributed by atoms with van der Waals surface area (Å²) in [5.41, 5.74) is 1.72. The third-order valence-corrected chi connectivity index (χ3v) is 5.14. The molecule has 1 aromatic carbocycles. The molecule has 0 aliphatic rings. The molecule has 0 saturated carbocycles. The lowest BCUT2D eigenvalue weighted by Gasteiger charge is -2.09. The first-order valence-corrected chi connectivity index (χ1v) is 9.63. The van der Waals surface area contributed by atoms with Gasteiger partial charge in [0.2, 0.25) is 0 Å². The molecular formula is C20H23NO6S. The van der Waals surface area contributed by atoms with Crippen molar-refractivity contribution in [2.24, 2.45) is 0 Å². The zero-order valence-electron chi connectivity index (χ0n) is 16.3. The number of methoxy groups -OCH3 is 1. The standard InChI is InChI=1S/C20H23NO6S/c1-5-13-7-9-14(10-8-13)27-11-15(22)21-18-16(19(23)26-6-2)12(3)17(28-18)20(24)25-4/h7-10H,5-6,11H2,1-4H3,(H,21,22). The Morgan fingerprint density at radius 2 is 1.75 bits per heavy atom. The zero-order chi connectivity index (χ0) is 20.7. The number of ether oxygens (including phenoxy) is 3. The fourth-order valence-electron chi connectivity index (χ4n) is 2.47. The summed E-state index contributed by atoms with van der Waals surface area (Å²) in [4.78, 5) is 36.7. The summed E-state index contributed by atoms with van der Waals surface area (Å²) in [6, 6.07) is 7.44. The van der Waals surface area contributed by atoms with Crippen LogP contribution in [-0.2, 0) is 20.7 Å². The number of aryl methyl sites for hydroxylation is 1. The van der Waals surface area contributed by atoms with Crippen molar-refractivity contribution in [1.29, 1.82) is 0 Å². The Morgan fingerprint density at radius 3 is 2.32 bits per heavy atom. The lowest BCUT2D eigenvalue weighted by molar-refractivity contribution is -0.118. The molecule has 28 heavy (non-hydrogen) atoms. The smallest absolute Gasteiger partial charge is 0.348 e. The van der Waals surface area contributed by atoms with Gasteiger partial charge in [0.1, 0.15) is 15.6 Å². The van der Waals surface area contributed by atoms with Crippen LogP contribution in [0.25, 0.3) is 0 Å². The maximum absolute atomic E-state index is 12.3. The molecular weight excluding hydrogens is 382 g/mol. The first-order valence-electron chi connectivity index (χ1n) is 8.81. The molecule has 150 valence electrons. The molecule has 0 radical (unpaired) electrons. The maximum atomic E-state index is 12.3. The SMILES string of the molecule is CCOC(=O)c1c(NC(=O)COc2ccc(CC)cc2)sc(C(=O)OC)c1C. The number of hydrogen-bond donors (Lipinski definition) is 1. The summed E-state index contributed by atoms with van der Waals surface area (Å²) < 4.78 is 15.3. The Morgan fingerprint density at radius 1 is 1.07 bits per heavy atom. The largest absolute Gasteiger partial charge is 0.484 e. The predicted molar refractivity (Wildman–Crippen MR) is 106 cm³/mol. The van der Waals surface area contributed by atoms with E-state index in [-0.39, 0.29) is 28.7 Å². The number of carbonyl (C=O) groups is 3. The van der Waals surface area contributed by atoms with Crippen LogP contribution in [0.1, 0.15) is 45.0 Å². The van der Waals surface area contributed by atoms with Crippen LogP contribution in [0, 0.1) is 6.92 Å². The van der Waals surface area contributed by atoms with E-state index in [1.165, 1.54) is 12.7 Å². The van der Waals surface area contributed by atoms with Gasteiger partial charge in [0.05, 0.1) is 19.3 Å². The number of benzene rings is 1. The first kappa shape index (κ1) is 21.4. The topological polar surface area (TPSA) is 90.9 Å². The third kappa shape index (κ3) is 5.10. The summed E-state index contributed by atoms with van der Waals surface area (Å²) >= 11 is 0.965. The second-order valence-electron chi connectivity index (χ2n) is 5.81. The molecule has 2 aromatic rings. The monoisotopic (exact) mass is 405 g/mol. The van der Waals surface area contributed by atoms with E-state index in [0.717, 1.165) is 17.8 Å². The lowest BCUT2D eigenvalue weighted by atomic mass is 10.1. The van der Waals surface area contributed by atoms with Crippen LogP contribution in [0.3, 0.4) is 0 Å². The van der Waals surface area contributed by atoms with Gasteiger partial charge >= 0.3 is 11.9 Å². The van der Waals surface area contributed by atoms with Crippen LogP contribution in [0.4, 0.5) is 5.00 Å². The van der Waals surface area contributed by atoms with Gasteiger partial charge in [0, 0.05) is 0 Å². The first-order chi connectivity index (χ1) is 13.4. The van der Waals surface area contributed by atoms with Gasteiger partial charge in [-0.1, -0.05) is 19.1 Å². The number of thiophene rings is 1. The average molecular weight is 405 g/mol. The molecule has 1 heterocycles. The molecule has 0 aliphatic carbocycles. The molecule has 0 saturated heterocycles. The van der Waals surface area contributed by atoms with Crippen molar-refractivity contribution in [3.8, 4) is 5.75 Å². The van der Waals surface area contributed by atoms with Crippen molar-refractivity contribution in [3.63, 3.8) is 0 Å². The second kappa shape index (κ2) is 9.89. The van der Waals surface area contributed by atoms with Gasteiger partial charge in [-0.3, -0.25) is 4.79 Å². The molecule has 7 nitrogen and oxygen atoms in total. The van der Waals surface area contributed by atoms with Gasteiger partial charge < -0.3 is 19.5 Å². The summed E-state index contributed by atoms with van der Waals surface area (Å²) in [6.45, 7) is 5.27. The van der Waals surface area contributed by atoms with E-state index in [1.54, 1.807) is 26.0 Å². The fourth-order valence-corrected chi connectivity index (χ4v) is 3.60. The summed E-state index contributed by atoms with van der Waals surface area (Å²) in [5.74, 6) is -1.09. The van der Waals surface area contributed by atoms with Crippen LogP contribution < -0.4 is 10.1 Å². The van der Waals surface area contributed by atoms with E-state index in [1.807, 2.05) is 12.1 Å². The number of hydrogen-bond acceptors (Lipinski definition) is 7. The molecule has 0 atom stereocenters. The van der Waals surface area contributed by atoms with Gasteiger partial charge in [-0.2, -0.15) is 0 Å². The van der Waals surface area contributed by atoms with Gasteiger partial charge in [-0.15, -0.1) is 11.3 Å². The fraction of sp³-hybridized carbons (Fsp3) is 0.350. The number of esters is 2. The zero-order valence-corrected chi connectivity index (χ0v) is 17.1. The minimum absolute atomic E-state index is 0.146. The highest BCUT2D eigenvalue weighted by Crippen LogP contribution is 2.34. The third-order valence-electron chi connectivity index (χ3n) is 3.95. The lowest BCUT2D eigenvalue weighted by Crippen LogP contribution is -2.21. The highest BCUT2D eigenvalue weighted by Gasteiger charge is 2.27. The van der Waals surface area contributed by atoms with Crippen LogP contribution in [0.2, 0.25) is 0 Å². The predicted octanol–water partition coefficient (Wildman–Crippen LogP) is 3.60. The normalized spacial score (nSPS) is 10.3. The molecule has 0 spiro atoms. The van der Waals surface area contributed by atoms with Crippen molar-refractivity contribution in [3.05, 3.63) is 45.8 Å². The van der Waals surface area contributed by atoms with Gasteiger partial charge in [-0.25, -0.2) is 9.59 Å². The van der Waals surface area contributed by atoms with Crippen LogP contribution in [-0.4, -0.2) is 38.2 Å². The van der Waals surface area contributed by atoms with Gasteiger partial charge in [0.25, 0.3) is 5.91 Å². The molecule has 0 bridgehead atoms. The molecule has 0 fully saturated rings. The van der Waals surface area contributed by atoms with E-state index >= 15 is 0 Å². The van der Waals surface area contributed by atoms with Gasteiger partial charge in [-0.05, 0) is 43.5 Å². The van der Waals surface area contributed by atoms with Crippen molar-refractivity contribution >= 4 is 34.2 Å². The summed E-state index contributed by atoms with van der Waals surface area (Å²) in [7, 11) is 1.25. The van der Waals surface area contributed by atoms with Crippen molar-refractivity contribution in [2.75, 3.05) is 25.6 Å². The molecule has 1 N–H and O–H groups in total. The minimum atomic E-state index is -0.613. The maximum Gasteiger partial charge on any atom is 0.348 e. The number of carbonyl (C=O) groups excluding carboxylic acids is 3. The summed E-state index contributed by atoms with van der Waals surface area (Å²) in [6.07, 6.45) is 0.914. The number of rotatable bonds is 8. The Bertz CT molecular complexity index is 856. The number of amides is 1. The Labute approximate surface area is 167 Å². The number of nitrogens with one attached hydrogen (secondary N) is 1. The molecule has 0 aliphatic heterocycles. The Hall–Kier alpha value is -2.87. The van der Waals surface area contributed by atoms with Crippen molar-refractivity contribution < 1.29 is 28.6 Å². The van der Waals surface area contributed by atoms with Crippen molar-refractivity contribution in [2.45, 2.75) is 27.2 Å². The minimum Gasteiger partial charge on any atom is -0.484 e. The molecule has 0 unspecified atom stereocenters. The van der Waals surface area contributed by atoms with E-state index in [9.17, 15) is 14.4 Å². The number of anilines is 1. The molecule has 1 aromatic heterocycles. The Kier molecular flexibility index (Phi) is 7.57. The van der Waals surface area contributed by atoms with Gasteiger partial charge in [0.15, 0.2) is 6.61 Å². The quantitative estimate of drug-likeness (QED) is 0.675. The highest BCUT2D eigenvalue weighted by atomic mass is 32.1. The second-order valence-corrected chi connectivity index (χ2v) is 6.83.